The molecule has 1 aliphatic heterocycles. The van der Waals surface area contributed by atoms with Gasteiger partial charge in [-0.3, -0.25) is 4.90 Å². The van der Waals surface area contributed by atoms with E-state index in [0.717, 1.165) is 48.2 Å². The van der Waals surface area contributed by atoms with Crippen molar-refractivity contribution in [3.05, 3.63) is 179 Å². The molecule has 0 aromatic heterocycles. The van der Waals surface area contributed by atoms with Gasteiger partial charge in [-0.1, -0.05) is 152 Å². The number of piperidine rings is 1. The number of benzene rings is 5. The molecule has 248 valence electrons. The normalized spacial score (nSPS) is 19.7. The van der Waals surface area contributed by atoms with Gasteiger partial charge in [0.05, 0.1) is 45.2 Å². The van der Waals surface area contributed by atoms with Crippen LogP contribution in [0.3, 0.4) is 0 Å². The quantitative estimate of drug-likeness (QED) is 0.102. The summed E-state index contributed by atoms with van der Waals surface area (Å²) in [5, 5.41) is 0. The van der Waals surface area contributed by atoms with E-state index in [1.165, 1.54) is 5.56 Å². The molecule has 0 spiro atoms. The summed E-state index contributed by atoms with van der Waals surface area (Å²) in [6.45, 7) is 4.17. The third-order valence-corrected chi connectivity index (χ3v) is 8.98. The smallest absolute Gasteiger partial charge is 0.113 e. The van der Waals surface area contributed by atoms with Gasteiger partial charge in [-0.15, -0.1) is 0 Å². The molecule has 6 rings (SSSR count). The van der Waals surface area contributed by atoms with Gasteiger partial charge in [0, 0.05) is 6.54 Å². The van der Waals surface area contributed by atoms with E-state index >= 15 is 0 Å². The zero-order chi connectivity index (χ0) is 32.6. The number of rotatable bonds is 17. The molecule has 0 saturated carbocycles. The Morgan fingerprint density at radius 3 is 1.38 bits per heavy atom. The molecule has 0 amide bonds. The van der Waals surface area contributed by atoms with Crippen molar-refractivity contribution in [1.29, 1.82) is 0 Å². The third kappa shape index (κ3) is 10.2. The Labute approximate surface area is 286 Å². The number of hydrogen-bond acceptors (Lipinski definition) is 5. The van der Waals surface area contributed by atoms with Crippen molar-refractivity contribution in [2.75, 3.05) is 19.7 Å². The molecule has 0 aliphatic carbocycles. The second-order valence-electron chi connectivity index (χ2n) is 12.5. The minimum atomic E-state index is -0.298. The van der Waals surface area contributed by atoms with E-state index in [1.54, 1.807) is 0 Å². The lowest BCUT2D eigenvalue weighted by Gasteiger charge is -2.48. The third-order valence-electron chi connectivity index (χ3n) is 8.98. The first kappa shape index (κ1) is 33.8. The molecule has 1 fully saturated rings. The van der Waals surface area contributed by atoms with Crippen molar-refractivity contribution in [2.24, 2.45) is 0 Å². The van der Waals surface area contributed by atoms with E-state index in [1.807, 2.05) is 24.3 Å². The van der Waals surface area contributed by atoms with Crippen LogP contribution >= 0.6 is 0 Å². The molecule has 5 aromatic carbocycles. The van der Waals surface area contributed by atoms with Gasteiger partial charge in [0.25, 0.3) is 0 Å². The summed E-state index contributed by atoms with van der Waals surface area (Å²) >= 11 is 0. The molecule has 5 heteroatoms. The molecule has 0 N–H and O–H groups in total. The van der Waals surface area contributed by atoms with Gasteiger partial charge in [-0.2, -0.15) is 0 Å². The highest BCUT2D eigenvalue weighted by molar-refractivity contribution is 5.17. The minimum Gasteiger partial charge on any atom is -0.375 e. The van der Waals surface area contributed by atoms with E-state index in [9.17, 15) is 0 Å². The number of aryl methyl sites for hydroxylation is 1. The highest BCUT2D eigenvalue weighted by atomic mass is 16.6. The Hall–Kier alpha value is -4.10. The van der Waals surface area contributed by atoms with Crippen LogP contribution in [-0.4, -0.2) is 49.0 Å². The lowest BCUT2D eigenvalue weighted by Crippen LogP contribution is -2.64. The number of likely N-dealkylation sites (tertiary alicyclic amines) is 1. The van der Waals surface area contributed by atoms with Crippen molar-refractivity contribution in [3.63, 3.8) is 0 Å². The molecule has 1 heterocycles. The fourth-order valence-corrected chi connectivity index (χ4v) is 6.44. The van der Waals surface area contributed by atoms with Gasteiger partial charge in [0.15, 0.2) is 0 Å². The van der Waals surface area contributed by atoms with Crippen LogP contribution in [0.1, 0.15) is 34.2 Å². The van der Waals surface area contributed by atoms with Crippen molar-refractivity contribution in [1.82, 2.24) is 4.90 Å². The van der Waals surface area contributed by atoms with Gasteiger partial charge in [0.2, 0.25) is 0 Å². The topological polar surface area (TPSA) is 40.2 Å². The Bertz CT molecular complexity index is 1570. The fraction of sp³-hybridized carbons (Fsp3) is 0.302. The standard InChI is InChI=1S/C43H47NO4/c1-6-17-35(18-7-1)27-16-28-44-29-41(46-31-37-21-10-3-11-22-37)43(48-33-39-25-14-5-15-26-39)42(47-32-38-23-12-4-13-24-38)40(44)34-45-30-36-19-8-2-9-20-36/h1-15,17-26,40-43H,16,27-34H2/t40-,41-,42+,43+/m0/s1. The average Bonchev–Trinajstić information content (AvgIpc) is 3.15. The van der Waals surface area contributed by atoms with E-state index in [0.29, 0.717) is 33.0 Å². The van der Waals surface area contributed by atoms with Gasteiger partial charge in [-0.05, 0) is 47.2 Å². The van der Waals surface area contributed by atoms with Gasteiger partial charge in [0.1, 0.15) is 12.2 Å². The molecule has 1 saturated heterocycles. The summed E-state index contributed by atoms with van der Waals surface area (Å²) in [7, 11) is 0. The van der Waals surface area contributed by atoms with Crippen molar-refractivity contribution < 1.29 is 18.9 Å². The van der Waals surface area contributed by atoms with E-state index < -0.39 is 0 Å². The Kier molecular flexibility index (Phi) is 13.0. The molecular weight excluding hydrogens is 594 g/mol. The van der Waals surface area contributed by atoms with Crippen LogP contribution in [0.5, 0.6) is 0 Å². The highest BCUT2D eigenvalue weighted by Gasteiger charge is 2.46. The summed E-state index contributed by atoms with van der Waals surface area (Å²) in [6.07, 6.45) is 1.25. The molecule has 0 bridgehead atoms. The van der Waals surface area contributed by atoms with Crippen LogP contribution in [0.4, 0.5) is 0 Å². The van der Waals surface area contributed by atoms with Gasteiger partial charge < -0.3 is 18.9 Å². The Morgan fingerprint density at radius 1 is 0.458 bits per heavy atom. The fourth-order valence-electron chi connectivity index (χ4n) is 6.44. The van der Waals surface area contributed by atoms with Crippen LogP contribution < -0.4 is 0 Å². The predicted molar refractivity (Wildman–Crippen MR) is 191 cm³/mol. The summed E-state index contributed by atoms with van der Waals surface area (Å²) in [5.74, 6) is 0. The molecule has 4 atom stereocenters. The maximum Gasteiger partial charge on any atom is 0.113 e. The van der Waals surface area contributed by atoms with E-state index in [-0.39, 0.29) is 24.4 Å². The maximum atomic E-state index is 6.94. The lowest BCUT2D eigenvalue weighted by molar-refractivity contribution is -0.210. The van der Waals surface area contributed by atoms with Crippen molar-refractivity contribution in [2.45, 2.75) is 63.6 Å². The second-order valence-corrected chi connectivity index (χ2v) is 12.5. The summed E-state index contributed by atoms with van der Waals surface area (Å²) in [4.78, 5) is 2.53. The van der Waals surface area contributed by atoms with E-state index in [4.69, 9.17) is 18.9 Å². The Morgan fingerprint density at radius 2 is 0.875 bits per heavy atom. The molecule has 0 unspecified atom stereocenters. The number of hydrogen-bond donors (Lipinski definition) is 0. The maximum absolute atomic E-state index is 6.94. The number of ether oxygens (including phenoxy) is 4. The van der Waals surface area contributed by atoms with Crippen LogP contribution in [0.15, 0.2) is 152 Å². The zero-order valence-corrected chi connectivity index (χ0v) is 27.7. The zero-order valence-electron chi connectivity index (χ0n) is 27.7. The molecule has 5 aromatic rings. The predicted octanol–water partition coefficient (Wildman–Crippen LogP) is 8.28. The summed E-state index contributed by atoms with van der Waals surface area (Å²) in [5.41, 5.74) is 5.91. The SMILES string of the molecule is c1ccc(CCCN2C[C@H](OCc3ccccc3)[C@@H](OCc3ccccc3)[C@H](OCc3ccccc3)[C@@H]2COCc2ccccc2)cc1. The largest absolute Gasteiger partial charge is 0.375 e. The molecule has 5 nitrogen and oxygen atoms in total. The first-order chi connectivity index (χ1) is 23.8. The summed E-state index contributed by atoms with van der Waals surface area (Å²) in [6, 6.07) is 52.2. The molecule has 1 aliphatic rings. The van der Waals surface area contributed by atoms with E-state index in [2.05, 4.69) is 132 Å². The lowest BCUT2D eigenvalue weighted by atomic mass is 9.92. The monoisotopic (exact) mass is 641 g/mol. The van der Waals surface area contributed by atoms with Crippen molar-refractivity contribution in [3.8, 4) is 0 Å². The van der Waals surface area contributed by atoms with Crippen LogP contribution in [0.25, 0.3) is 0 Å². The first-order valence-corrected chi connectivity index (χ1v) is 17.2. The first-order valence-electron chi connectivity index (χ1n) is 17.2. The average molecular weight is 642 g/mol. The highest BCUT2D eigenvalue weighted by Crippen LogP contribution is 2.30. The molecule has 48 heavy (non-hydrogen) atoms. The van der Waals surface area contributed by atoms with Gasteiger partial charge in [-0.25, -0.2) is 0 Å². The van der Waals surface area contributed by atoms with Crippen LogP contribution in [0.2, 0.25) is 0 Å². The molecule has 0 radical (unpaired) electrons. The minimum absolute atomic E-state index is 0.0226. The Balaban J connectivity index is 1.28. The van der Waals surface area contributed by atoms with Crippen LogP contribution in [-0.2, 0) is 51.8 Å². The van der Waals surface area contributed by atoms with Crippen LogP contribution in [0, 0.1) is 0 Å². The van der Waals surface area contributed by atoms with Gasteiger partial charge >= 0.3 is 0 Å². The summed E-state index contributed by atoms with van der Waals surface area (Å²) < 4.78 is 27.1. The molecular formula is C43H47NO4. The second kappa shape index (κ2) is 18.4. The van der Waals surface area contributed by atoms with Crippen molar-refractivity contribution >= 4 is 0 Å². The number of nitrogens with zero attached hydrogens (tertiary/aromatic N) is 1.